The highest BCUT2D eigenvalue weighted by molar-refractivity contribution is 6.00. The van der Waals surface area contributed by atoms with Gasteiger partial charge < -0.3 is 20.3 Å². The Hall–Kier alpha value is -3.49. The molecule has 3 amide bonds. The van der Waals surface area contributed by atoms with Gasteiger partial charge in [0.2, 0.25) is 17.7 Å². The Morgan fingerprint density at radius 3 is 2.55 bits per heavy atom. The number of hydrogen-bond acceptors (Lipinski definition) is 4. The molecule has 1 unspecified atom stereocenters. The molecule has 1 saturated heterocycles. The minimum absolute atomic E-state index is 0.0496. The van der Waals surface area contributed by atoms with E-state index in [2.05, 4.69) is 15.4 Å². The summed E-state index contributed by atoms with van der Waals surface area (Å²) in [5.41, 5.74) is 0.908. The lowest BCUT2D eigenvalue weighted by atomic mass is 10.1. The van der Waals surface area contributed by atoms with Crippen LogP contribution in [0, 0.1) is 0 Å². The van der Waals surface area contributed by atoms with Crippen LogP contribution in [0.1, 0.15) is 12.0 Å². The molecule has 29 heavy (non-hydrogen) atoms. The van der Waals surface area contributed by atoms with Crippen molar-refractivity contribution in [2.75, 3.05) is 11.9 Å². The summed E-state index contributed by atoms with van der Waals surface area (Å²) < 4.78 is 29.4. The number of alkyl halides is 2. The van der Waals surface area contributed by atoms with Crippen molar-refractivity contribution < 1.29 is 27.9 Å². The van der Waals surface area contributed by atoms with Crippen LogP contribution in [0.25, 0.3) is 0 Å². The minimum atomic E-state index is -3.04. The summed E-state index contributed by atoms with van der Waals surface area (Å²) in [6.45, 7) is -2.90. The maximum atomic E-state index is 12.7. The molecule has 9 heteroatoms. The third kappa shape index (κ3) is 5.50. The van der Waals surface area contributed by atoms with E-state index in [0.29, 0.717) is 0 Å². The van der Waals surface area contributed by atoms with E-state index in [0.717, 1.165) is 5.56 Å². The molecule has 152 valence electrons. The Bertz CT molecular complexity index is 892. The molecule has 2 aromatic rings. The van der Waals surface area contributed by atoms with Gasteiger partial charge in [-0.3, -0.25) is 14.4 Å². The highest BCUT2D eigenvalue weighted by Gasteiger charge is 2.34. The van der Waals surface area contributed by atoms with Crippen LogP contribution in [-0.4, -0.2) is 41.8 Å². The van der Waals surface area contributed by atoms with Gasteiger partial charge in [0.1, 0.15) is 11.8 Å². The third-order valence-corrected chi connectivity index (χ3v) is 4.26. The van der Waals surface area contributed by atoms with E-state index in [9.17, 15) is 23.2 Å². The molecule has 1 fully saturated rings. The predicted molar refractivity (Wildman–Crippen MR) is 100 cm³/mol. The zero-order chi connectivity index (χ0) is 20.8. The van der Waals surface area contributed by atoms with E-state index in [4.69, 9.17) is 0 Å². The van der Waals surface area contributed by atoms with Crippen LogP contribution in [0.5, 0.6) is 5.75 Å². The number of amides is 3. The molecule has 1 aliphatic heterocycles. The second kappa shape index (κ2) is 9.13. The molecule has 0 saturated carbocycles. The standard InChI is InChI=1S/C20H19F2N3O4/c21-20(22)29-16-9-5-4-8-14(16)23-17(26)10-15-19(28)25(12-18(27)24-15)11-13-6-2-1-3-7-13/h1-9,15,20H,10-12H2,(H,23,26)(H,24,27). The van der Waals surface area contributed by atoms with E-state index in [1.165, 1.54) is 23.1 Å². The van der Waals surface area contributed by atoms with Gasteiger partial charge in [0.25, 0.3) is 0 Å². The van der Waals surface area contributed by atoms with Crippen LogP contribution in [0.4, 0.5) is 14.5 Å². The van der Waals surface area contributed by atoms with Crippen molar-refractivity contribution in [1.29, 1.82) is 0 Å². The van der Waals surface area contributed by atoms with Crippen LogP contribution in [0.2, 0.25) is 0 Å². The van der Waals surface area contributed by atoms with Crippen molar-refractivity contribution in [3.63, 3.8) is 0 Å². The fraction of sp³-hybridized carbons (Fsp3) is 0.250. The Morgan fingerprint density at radius 1 is 1.14 bits per heavy atom. The molecule has 0 spiro atoms. The second-order valence-corrected chi connectivity index (χ2v) is 6.43. The summed E-state index contributed by atoms with van der Waals surface area (Å²) in [7, 11) is 0. The molecule has 7 nitrogen and oxygen atoms in total. The fourth-order valence-electron chi connectivity index (χ4n) is 3.00. The number of benzene rings is 2. The average molecular weight is 403 g/mol. The van der Waals surface area contributed by atoms with Gasteiger partial charge >= 0.3 is 6.61 Å². The summed E-state index contributed by atoms with van der Waals surface area (Å²) in [4.78, 5) is 38.4. The van der Waals surface area contributed by atoms with Crippen molar-refractivity contribution in [2.24, 2.45) is 0 Å². The first-order valence-electron chi connectivity index (χ1n) is 8.88. The molecule has 2 aromatic carbocycles. The third-order valence-electron chi connectivity index (χ3n) is 4.26. The molecule has 1 heterocycles. The van der Waals surface area contributed by atoms with E-state index in [-0.39, 0.29) is 42.8 Å². The van der Waals surface area contributed by atoms with Crippen LogP contribution in [0.3, 0.4) is 0 Å². The maximum absolute atomic E-state index is 12.7. The average Bonchev–Trinajstić information content (AvgIpc) is 2.67. The number of rotatable bonds is 7. The predicted octanol–water partition coefficient (Wildman–Crippen LogP) is 2.14. The number of carbonyl (C=O) groups excluding carboxylic acids is 3. The van der Waals surface area contributed by atoms with Gasteiger partial charge in [-0.05, 0) is 17.7 Å². The molecule has 3 rings (SSSR count). The van der Waals surface area contributed by atoms with Crippen molar-refractivity contribution in [2.45, 2.75) is 25.6 Å². The topological polar surface area (TPSA) is 87.7 Å². The molecular formula is C20H19F2N3O4. The van der Waals surface area contributed by atoms with Crippen LogP contribution in [0.15, 0.2) is 54.6 Å². The number of halogens is 2. The number of ether oxygens (including phenoxy) is 1. The maximum Gasteiger partial charge on any atom is 0.387 e. The number of nitrogens with one attached hydrogen (secondary N) is 2. The first-order chi connectivity index (χ1) is 13.9. The normalized spacial score (nSPS) is 16.5. The van der Waals surface area contributed by atoms with Crippen molar-refractivity contribution in [1.82, 2.24) is 10.2 Å². The van der Waals surface area contributed by atoms with E-state index in [1.807, 2.05) is 30.3 Å². The Morgan fingerprint density at radius 2 is 1.83 bits per heavy atom. The first kappa shape index (κ1) is 20.2. The fourth-order valence-corrected chi connectivity index (χ4v) is 3.00. The minimum Gasteiger partial charge on any atom is -0.433 e. The number of nitrogens with zero attached hydrogens (tertiary/aromatic N) is 1. The van der Waals surface area contributed by atoms with Gasteiger partial charge in [0.15, 0.2) is 0 Å². The quantitative estimate of drug-likeness (QED) is 0.742. The highest BCUT2D eigenvalue weighted by atomic mass is 19.3. The molecule has 1 aliphatic rings. The summed E-state index contributed by atoms with van der Waals surface area (Å²) >= 11 is 0. The van der Waals surface area contributed by atoms with Crippen LogP contribution >= 0.6 is 0 Å². The molecule has 1 atom stereocenters. The van der Waals surface area contributed by atoms with Gasteiger partial charge in [-0.15, -0.1) is 0 Å². The summed E-state index contributed by atoms with van der Waals surface area (Å²) in [6, 6.07) is 13.8. The lowest BCUT2D eigenvalue weighted by Gasteiger charge is -2.32. The Kier molecular flexibility index (Phi) is 6.38. The molecule has 0 aromatic heterocycles. The van der Waals surface area contributed by atoms with Crippen LogP contribution < -0.4 is 15.4 Å². The second-order valence-electron chi connectivity index (χ2n) is 6.43. The van der Waals surface area contributed by atoms with Gasteiger partial charge in [-0.2, -0.15) is 8.78 Å². The monoisotopic (exact) mass is 403 g/mol. The lowest BCUT2D eigenvalue weighted by Crippen LogP contribution is -2.58. The van der Waals surface area contributed by atoms with Crippen molar-refractivity contribution in [3.8, 4) is 5.75 Å². The molecular weight excluding hydrogens is 384 g/mol. The molecule has 0 radical (unpaired) electrons. The van der Waals surface area contributed by atoms with E-state index >= 15 is 0 Å². The first-order valence-corrected chi connectivity index (χ1v) is 8.88. The smallest absolute Gasteiger partial charge is 0.387 e. The van der Waals surface area contributed by atoms with Crippen molar-refractivity contribution >= 4 is 23.4 Å². The number of anilines is 1. The Balaban J connectivity index is 1.65. The van der Waals surface area contributed by atoms with E-state index < -0.39 is 18.6 Å². The molecule has 0 bridgehead atoms. The zero-order valence-corrected chi connectivity index (χ0v) is 15.3. The number of piperazine rings is 1. The zero-order valence-electron chi connectivity index (χ0n) is 15.3. The van der Waals surface area contributed by atoms with Gasteiger partial charge in [0, 0.05) is 6.54 Å². The largest absolute Gasteiger partial charge is 0.433 e. The lowest BCUT2D eigenvalue weighted by molar-refractivity contribution is -0.145. The highest BCUT2D eigenvalue weighted by Crippen LogP contribution is 2.25. The van der Waals surface area contributed by atoms with E-state index in [1.54, 1.807) is 6.07 Å². The Labute approximate surface area is 165 Å². The van der Waals surface area contributed by atoms with Gasteiger partial charge in [0.05, 0.1) is 18.7 Å². The number of carbonyl (C=O) groups is 3. The van der Waals surface area contributed by atoms with Gasteiger partial charge in [-0.1, -0.05) is 42.5 Å². The molecule has 0 aliphatic carbocycles. The van der Waals surface area contributed by atoms with Crippen LogP contribution in [-0.2, 0) is 20.9 Å². The summed E-state index contributed by atoms with van der Waals surface area (Å²) in [5, 5.41) is 4.95. The number of para-hydroxylation sites is 2. The summed E-state index contributed by atoms with van der Waals surface area (Å²) in [5.74, 6) is -1.57. The SMILES string of the molecule is O=C(CC1NC(=O)CN(Cc2ccccc2)C1=O)Nc1ccccc1OC(F)F. The van der Waals surface area contributed by atoms with Crippen molar-refractivity contribution in [3.05, 3.63) is 60.2 Å². The summed E-state index contributed by atoms with van der Waals surface area (Å²) in [6.07, 6.45) is -0.334. The van der Waals surface area contributed by atoms with Gasteiger partial charge in [-0.25, -0.2) is 0 Å². The molecule has 2 N–H and O–H groups in total. The number of hydrogen-bond donors (Lipinski definition) is 2.